The summed E-state index contributed by atoms with van der Waals surface area (Å²) in [6.07, 6.45) is 11.8. The molecule has 4 heterocycles. The lowest BCUT2D eigenvalue weighted by Crippen LogP contribution is -2.44. The van der Waals surface area contributed by atoms with Gasteiger partial charge in [-0.1, -0.05) is 19.3 Å². The third-order valence-corrected chi connectivity index (χ3v) is 6.20. The van der Waals surface area contributed by atoms with Crippen molar-refractivity contribution >= 4 is 28.1 Å². The van der Waals surface area contributed by atoms with E-state index in [9.17, 15) is 0 Å². The van der Waals surface area contributed by atoms with E-state index in [1.807, 2.05) is 12.4 Å². The van der Waals surface area contributed by atoms with Gasteiger partial charge in [-0.05, 0) is 31.0 Å². The number of anilines is 3. The number of piperazine rings is 1. The summed E-state index contributed by atoms with van der Waals surface area (Å²) in [5.74, 6) is 1.88. The van der Waals surface area contributed by atoms with Gasteiger partial charge in [0.05, 0.1) is 17.6 Å². The summed E-state index contributed by atoms with van der Waals surface area (Å²) in [5, 5.41) is 9.23. The van der Waals surface area contributed by atoms with Crippen molar-refractivity contribution in [1.29, 1.82) is 0 Å². The highest BCUT2D eigenvalue weighted by Crippen LogP contribution is 2.33. The minimum Gasteiger partial charge on any atom is -0.397 e. The van der Waals surface area contributed by atoms with E-state index in [2.05, 4.69) is 43.7 Å². The lowest BCUT2D eigenvalue weighted by Gasteiger charge is -2.29. The molecule has 2 fully saturated rings. The van der Waals surface area contributed by atoms with Gasteiger partial charge >= 0.3 is 0 Å². The molecule has 7 heteroatoms. The maximum absolute atomic E-state index is 6.36. The SMILES string of the molecule is Nc1cnc(NC2CCCCC2)cc1-c1cc2cnccc2c(N2CCNCC2)n1. The first-order chi connectivity index (χ1) is 14.8. The molecule has 0 spiro atoms. The maximum atomic E-state index is 6.36. The second kappa shape index (κ2) is 8.44. The zero-order chi connectivity index (χ0) is 20.3. The highest BCUT2D eigenvalue weighted by atomic mass is 15.2. The van der Waals surface area contributed by atoms with Gasteiger partial charge in [0.25, 0.3) is 0 Å². The molecule has 0 atom stereocenters. The predicted octanol–water partition coefficient (Wildman–Crippen LogP) is 3.43. The van der Waals surface area contributed by atoms with Crippen LogP contribution in [0.5, 0.6) is 0 Å². The smallest absolute Gasteiger partial charge is 0.137 e. The average Bonchev–Trinajstić information content (AvgIpc) is 2.81. The van der Waals surface area contributed by atoms with Crippen molar-refractivity contribution in [2.45, 2.75) is 38.1 Å². The number of hydrogen-bond acceptors (Lipinski definition) is 7. The normalized spacial score (nSPS) is 17.9. The lowest BCUT2D eigenvalue weighted by molar-refractivity contribution is 0.462. The molecule has 1 aliphatic heterocycles. The first kappa shape index (κ1) is 19.1. The van der Waals surface area contributed by atoms with E-state index in [-0.39, 0.29) is 0 Å². The van der Waals surface area contributed by atoms with E-state index >= 15 is 0 Å². The lowest BCUT2D eigenvalue weighted by atomic mass is 9.95. The fraction of sp³-hybridized carbons (Fsp3) is 0.435. The molecule has 30 heavy (non-hydrogen) atoms. The van der Waals surface area contributed by atoms with Crippen LogP contribution in [-0.2, 0) is 0 Å². The molecule has 0 amide bonds. The summed E-state index contributed by atoms with van der Waals surface area (Å²) >= 11 is 0. The van der Waals surface area contributed by atoms with E-state index in [1.54, 1.807) is 6.20 Å². The van der Waals surface area contributed by atoms with Gasteiger partial charge in [0.15, 0.2) is 0 Å². The van der Waals surface area contributed by atoms with Crippen LogP contribution in [0.3, 0.4) is 0 Å². The van der Waals surface area contributed by atoms with E-state index in [1.165, 1.54) is 32.1 Å². The molecule has 1 aliphatic carbocycles. The number of hydrogen-bond donors (Lipinski definition) is 3. The predicted molar refractivity (Wildman–Crippen MR) is 123 cm³/mol. The number of nitrogens with two attached hydrogens (primary N) is 1. The van der Waals surface area contributed by atoms with Crippen LogP contribution >= 0.6 is 0 Å². The van der Waals surface area contributed by atoms with Crippen molar-refractivity contribution in [2.75, 3.05) is 42.1 Å². The summed E-state index contributed by atoms with van der Waals surface area (Å²) in [5.41, 5.74) is 8.80. The standard InChI is InChI=1S/C23H29N7/c24-20-15-27-22(28-17-4-2-1-3-5-17)13-19(20)21-12-16-14-26-7-6-18(16)23(29-21)30-10-8-25-9-11-30/h6-7,12-15,17,25H,1-5,8-11,24H2,(H,27,28). The minimum atomic E-state index is 0.493. The van der Waals surface area contributed by atoms with Crippen molar-refractivity contribution in [2.24, 2.45) is 0 Å². The summed E-state index contributed by atoms with van der Waals surface area (Å²) < 4.78 is 0. The van der Waals surface area contributed by atoms with Gasteiger partial charge in [-0.2, -0.15) is 0 Å². The fourth-order valence-electron chi connectivity index (χ4n) is 4.56. The Hall–Kier alpha value is -2.93. The fourth-order valence-corrected chi connectivity index (χ4v) is 4.56. The third kappa shape index (κ3) is 3.89. The van der Waals surface area contributed by atoms with Crippen molar-refractivity contribution < 1.29 is 0 Å². The molecule has 0 bridgehead atoms. The Morgan fingerprint density at radius 1 is 1.07 bits per heavy atom. The monoisotopic (exact) mass is 403 g/mol. The molecule has 5 rings (SSSR count). The number of aromatic nitrogens is 3. The maximum Gasteiger partial charge on any atom is 0.137 e. The molecule has 1 saturated heterocycles. The number of fused-ring (bicyclic) bond motifs is 1. The zero-order valence-electron chi connectivity index (χ0n) is 17.3. The molecule has 0 aromatic carbocycles. The molecule has 0 unspecified atom stereocenters. The molecular weight excluding hydrogens is 374 g/mol. The van der Waals surface area contributed by atoms with Gasteiger partial charge in [-0.25, -0.2) is 9.97 Å². The first-order valence-corrected chi connectivity index (χ1v) is 11.0. The van der Waals surface area contributed by atoms with Gasteiger partial charge in [0.2, 0.25) is 0 Å². The quantitative estimate of drug-likeness (QED) is 0.615. The van der Waals surface area contributed by atoms with Crippen LogP contribution in [0, 0.1) is 0 Å². The van der Waals surface area contributed by atoms with E-state index in [0.717, 1.165) is 59.8 Å². The highest BCUT2D eigenvalue weighted by molar-refractivity contribution is 5.95. The first-order valence-electron chi connectivity index (χ1n) is 11.0. The van der Waals surface area contributed by atoms with Gasteiger partial charge in [0, 0.05) is 61.0 Å². The number of pyridine rings is 3. The van der Waals surface area contributed by atoms with Crippen molar-refractivity contribution in [3.63, 3.8) is 0 Å². The van der Waals surface area contributed by atoms with Gasteiger partial charge in [-0.3, -0.25) is 4.98 Å². The van der Waals surface area contributed by atoms with E-state index < -0.39 is 0 Å². The number of rotatable bonds is 4. The molecule has 156 valence electrons. The molecular formula is C23H29N7. The van der Waals surface area contributed by atoms with Crippen LogP contribution in [-0.4, -0.2) is 47.2 Å². The summed E-state index contributed by atoms with van der Waals surface area (Å²) in [7, 11) is 0. The summed E-state index contributed by atoms with van der Waals surface area (Å²) in [6.45, 7) is 3.80. The molecule has 1 saturated carbocycles. The molecule has 3 aromatic heterocycles. The topological polar surface area (TPSA) is 92.0 Å². The van der Waals surface area contributed by atoms with Crippen LogP contribution < -0.4 is 21.3 Å². The van der Waals surface area contributed by atoms with E-state index in [0.29, 0.717) is 11.7 Å². The summed E-state index contributed by atoms with van der Waals surface area (Å²) in [6, 6.07) is 6.68. The Labute approximate surface area is 177 Å². The molecule has 3 aromatic rings. The Bertz CT molecular complexity index is 1020. The number of nitrogens with zero attached hydrogens (tertiary/aromatic N) is 4. The van der Waals surface area contributed by atoms with Crippen LogP contribution in [0.25, 0.3) is 22.0 Å². The second-order valence-corrected chi connectivity index (χ2v) is 8.30. The largest absolute Gasteiger partial charge is 0.397 e. The Morgan fingerprint density at radius 2 is 1.90 bits per heavy atom. The Balaban J connectivity index is 1.54. The molecule has 0 radical (unpaired) electrons. The summed E-state index contributed by atoms with van der Waals surface area (Å²) in [4.78, 5) is 16.3. The third-order valence-electron chi connectivity index (χ3n) is 6.20. The van der Waals surface area contributed by atoms with Crippen LogP contribution in [0.2, 0.25) is 0 Å². The number of nitrogen functional groups attached to an aromatic ring is 1. The van der Waals surface area contributed by atoms with Crippen LogP contribution in [0.15, 0.2) is 36.8 Å². The highest BCUT2D eigenvalue weighted by Gasteiger charge is 2.19. The van der Waals surface area contributed by atoms with Gasteiger partial charge in [-0.15, -0.1) is 0 Å². The minimum absolute atomic E-state index is 0.493. The number of nitrogens with one attached hydrogen (secondary N) is 2. The van der Waals surface area contributed by atoms with Gasteiger partial charge in [0.1, 0.15) is 11.6 Å². The zero-order valence-corrected chi connectivity index (χ0v) is 17.3. The molecule has 7 nitrogen and oxygen atoms in total. The Morgan fingerprint density at radius 3 is 2.73 bits per heavy atom. The van der Waals surface area contributed by atoms with Crippen molar-refractivity contribution in [3.8, 4) is 11.3 Å². The molecule has 4 N–H and O–H groups in total. The average molecular weight is 404 g/mol. The van der Waals surface area contributed by atoms with Crippen LogP contribution in [0.4, 0.5) is 17.3 Å². The Kier molecular flexibility index (Phi) is 5.36. The van der Waals surface area contributed by atoms with Crippen molar-refractivity contribution in [1.82, 2.24) is 20.3 Å². The van der Waals surface area contributed by atoms with Crippen LogP contribution in [0.1, 0.15) is 32.1 Å². The van der Waals surface area contributed by atoms with Crippen molar-refractivity contribution in [3.05, 3.63) is 36.8 Å². The van der Waals surface area contributed by atoms with E-state index in [4.69, 9.17) is 10.7 Å². The second-order valence-electron chi connectivity index (χ2n) is 8.30. The van der Waals surface area contributed by atoms with Gasteiger partial charge < -0.3 is 21.3 Å². The molecule has 2 aliphatic rings.